The fraction of sp³-hybridized carbons (Fsp3) is 0.0545. The molecule has 0 unspecified atom stereocenters. The number of aromatic nitrogens is 2. The molecule has 147 heavy (non-hydrogen) atoms. The van der Waals surface area contributed by atoms with Crippen molar-refractivity contribution < 1.29 is 22.3 Å². The van der Waals surface area contributed by atoms with Gasteiger partial charge in [-0.2, -0.15) is 57.6 Å². The first-order chi connectivity index (χ1) is 72.1. The van der Waals surface area contributed by atoms with E-state index in [0.29, 0.717) is 50.6 Å². The number of H-pyrrole nitrogens is 2. The van der Waals surface area contributed by atoms with Crippen molar-refractivity contribution in [2.75, 3.05) is 0 Å². The van der Waals surface area contributed by atoms with Crippen molar-refractivity contribution in [2.45, 2.75) is 44.2 Å². The zero-order valence-corrected chi connectivity index (χ0v) is 91.6. The molecule has 0 aliphatic carbocycles. The number of rotatable bonds is 23. The van der Waals surface area contributed by atoms with Crippen LogP contribution in [0.15, 0.2) is 447 Å². The van der Waals surface area contributed by atoms with Gasteiger partial charge in [-0.25, -0.2) is 33.4 Å². The van der Waals surface area contributed by atoms with Crippen LogP contribution in [0, 0.1) is 0 Å². The van der Waals surface area contributed by atoms with Crippen LogP contribution in [0.25, 0.3) is 59.2 Å². The Bertz CT molecular complexity index is 7920. The second-order valence-electron chi connectivity index (χ2n) is 28.5. The number of isothiocyanates is 12. The molecule has 0 saturated carbocycles. The van der Waals surface area contributed by atoms with Crippen LogP contribution in [-0.4, -0.2) is 80.3 Å². The predicted octanol–water partition coefficient (Wildman–Crippen LogP) is 36.4. The Morgan fingerprint density at radius 3 is 1.52 bits per heavy atom. The summed E-state index contributed by atoms with van der Waals surface area (Å²) in [4.78, 5) is 53.8. The summed E-state index contributed by atoms with van der Waals surface area (Å²) in [6.07, 6.45) is 8.60. The number of nitrogens with zero attached hydrogens (tertiary/aromatic N) is 12. The minimum atomic E-state index is -3.25. The molecule has 9 heterocycles. The number of benzene rings is 11. The molecule has 37 heteroatoms. The Morgan fingerprint density at radius 1 is 0.340 bits per heavy atom. The van der Waals surface area contributed by atoms with Crippen molar-refractivity contribution in [3.63, 3.8) is 0 Å². The van der Waals surface area contributed by atoms with Crippen LogP contribution < -0.4 is 9.47 Å². The highest BCUT2D eigenvalue weighted by Crippen LogP contribution is 2.33. The Hall–Kier alpha value is -14.3. The molecule has 0 atom stereocenters. The van der Waals surface area contributed by atoms with Gasteiger partial charge in [-0.05, 0) is 386 Å². The fourth-order valence-corrected chi connectivity index (χ4v) is 18.2. The third kappa shape index (κ3) is 44.3. The van der Waals surface area contributed by atoms with Crippen LogP contribution in [0.2, 0.25) is 0 Å². The molecular weight excluding hydrogens is 2170 g/mol. The van der Waals surface area contributed by atoms with Crippen LogP contribution in [0.4, 0.5) is 39.1 Å². The molecule has 1 aliphatic heterocycles. The number of para-hydroxylation sites is 1. The van der Waals surface area contributed by atoms with Crippen molar-refractivity contribution in [1.29, 1.82) is 0 Å². The summed E-state index contributed by atoms with van der Waals surface area (Å²) in [6.45, 7) is 3.63. The number of aliphatic imine (C=N–C) groups is 12. The van der Waals surface area contributed by atoms with Crippen LogP contribution in [0.1, 0.15) is 38.3 Å². The van der Waals surface area contributed by atoms with E-state index in [1.165, 1.54) is 64.2 Å². The molecule has 726 valence electrons. The van der Waals surface area contributed by atoms with Crippen molar-refractivity contribution >= 4 is 362 Å². The number of ether oxygens (including phenoxy) is 2. The smallest absolute Gasteiger partial charge is 0.200 e. The summed E-state index contributed by atoms with van der Waals surface area (Å²) in [6, 6.07) is 102. The lowest BCUT2D eigenvalue weighted by Crippen LogP contribution is -1.94. The molecule has 0 fully saturated rings. The van der Waals surface area contributed by atoms with Crippen LogP contribution in [0.5, 0.6) is 17.2 Å². The standard InChI is InChI=1S/2C14H11NOS.C13H9NS.2C10H7NS2.2C9H6N2S.C9H5NO2S2.C6H5NOS.C6H5NS2.2C5H3NS2/c17-11-15-10-12-5-4-8-14(9-12)16-13-6-2-1-3-7-13;17-11-15-13-7-4-8-14(9-13)16-10-12-5-2-1-3-6-12;15-10-14-13-8-6-12(7-9-13)11-4-2-1-3-5-11;12-7-11-5-8-6-13-10-4-2-1-3-9(8)10;12-7-11-6-9-5-8-3-1-2-4-10(8)13-9;12-6-11-8-1-2-9-7(5-8)3-4-10-9;12-6-11-8-2-1-7-3-4-10-9(7)5-8;11-14(12)4-3-7-1-2-8(10-6-13)5-9(7)14;9-5-7-3-6-1-2-8-4-6;8-5-7-3-6-1-2-9-4-6;7-4-6-5-1-2-8-3-5;7-4-6-5-2-1-3-8-5/h2*1-9H,10H2;1-9H;1-4,6H,5H2;1-5H,6H2;2*1-5,10H;1-5H;2*1-2,4H,3H2;2*1-3H. The van der Waals surface area contributed by atoms with E-state index in [-0.39, 0.29) is 4.90 Å². The highest BCUT2D eigenvalue weighted by molar-refractivity contribution is 7.95. The van der Waals surface area contributed by atoms with Crippen molar-refractivity contribution in [2.24, 2.45) is 59.9 Å². The Morgan fingerprint density at radius 2 is 0.878 bits per heavy atom. The van der Waals surface area contributed by atoms with Gasteiger partial charge in [0.15, 0.2) is 0 Å². The van der Waals surface area contributed by atoms with Crippen LogP contribution in [-0.2, 0) is 49.2 Å². The van der Waals surface area contributed by atoms with E-state index in [1.54, 1.807) is 87.4 Å². The molecule has 19 aromatic rings. The first kappa shape index (κ1) is 116. The maximum atomic E-state index is 11.4. The molecule has 0 radical (unpaired) electrons. The summed E-state index contributed by atoms with van der Waals surface area (Å²) >= 11 is 62.0. The lowest BCUT2D eigenvalue weighted by Gasteiger charge is -2.06. The van der Waals surface area contributed by atoms with Gasteiger partial charge in [-0.15, -0.1) is 34.0 Å². The highest BCUT2D eigenvalue weighted by atomic mass is 32.2. The first-order valence-electron chi connectivity index (χ1n) is 42.8. The molecule has 20 rings (SSSR count). The quantitative estimate of drug-likeness (QED) is 0.0446. The third-order valence-corrected chi connectivity index (χ3v) is 25.8. The van der Waals surface area contributed by atoms with Gasteiger partial charge in [0.25, 0.3) is 0 Å². The summed E-state index contributed by atoms with van der Waals surface area (Å²) in [5.41, 5.74) is 15.6. The monoisotopic (exact) mass is 2250 g/mol. The Balaban J connectivity index is 0.000000179. The molecule has 19 nitrogen and oxygen atoms in total. The summed E-state index contributed by atoms with van der Waals surface area (Å²) in [7, 11) is -3.25. The molecule has 8 aromatic heterocycles. The van der Waals surface area contributed by atoms with Gasteiger partial charge in [0.2, 0.25) is 9.84 Å². The zero-order chi connectivity index (χ0) is 104. The number of hydrogen-bond donors (Lipinski definition) is 2. The molecule has 0 saturated heterocycles. The average molecular weight is 2250 g/mol. The summed E-state index contributed by atoms with van der Waals surface area (Å²) in [5, 5.41) is 46.8. The number of thiophene rings is 5. The zero-order valence-electron chi connectivity index (χ0n) is 76.9. The number of aromatic amines is 2. The molecule has 0 spiro atoms. The number of hydrogen-bond acceptors (Lipinski definition) is 34. The number of furan rings is 1. The van der Waals surface area contributed by atoms with E-state index >= 15 is 0 Å². The number of fused-ring (bicyclic) bond motifs is 5. The second kappa shape index (κ2) is 69.7. The number of nitrogens with one attached hydrogen (secondary N) is 2. The maximum absolute atomic E-state index is 11.4. The number of sulfone groups is 1. The normalized spacial score (nSPS) is 9.88. The van der Waals surface area contributed by atoms with Crippen molar-refractivity contribution in [3.05, 3.63) is 416 Å². The highest BCUT2D eigenvalue weighted by Gasteiger charge is 2.21. The minimum Gasteiger partial charge on any atom is -0.489 e. The van der Waals surface area contributed by atoms with Gasteiger partial charge in [0.05, 0.1) is 146 Å². The Labute approximate surface area is 933 Å². The molecule has 0 bridgehead atoms. The maximum Gasteiger partial charge on any atom is 0.200 e. The lowest BCUT2D eigenvalue weighted by atomic mass is 10.1. The first-order valence-corrected chi connectivity index (χ1v) is 53.7. The fourth-order valence-electron chi connectivity index (χ4n) is 12.2. The van der Waals surface area contributed by atoms with E-state index < -0.39 is 9.84 Å². The lowest BCUT2D eigenvalue weighted by molar-refractivity contribution is 0.306. The van der Waals surface area contributed by atoms with E-state index in [0.717, 1.165) is 83.8 Å². The molecule has 11 aromatic carbocycles. The van der Waals surface area contributed by atoms with Gasteiger partial charge in [-0.3, -0.25) is 0 Å². The minimum absolute atomic E-state index is 0.281. The van der Waals surface area contributed by atoms with E-state index in [2.05, 4.69) is 332 Å². The largest absolute Gasteiger partial charge is 0.489 e. The average Bonchev–Trinajstić information content (AvgIpc) is 1.65. The van der Waals surface area contributed by atoms with Gasteiger partial charge in [0, 0.05) is 65.5 Å². The SMILES string of the molecule is O=S1(=O)C=Cc2ccc(N=C=S)cc21.S=C=NCc1cc2ccccc2s1.S=C=NCc1cccc(Oc2ccccc2)c1.S=C=NCc1ccoc1.S=C=NCc1ccsc1.S=C=NCc1csc2ccccc12.S=C=Nc1ccc(-c2ccccc2)cc1.S=C=Nc1ccc2[nH]ccc2c1.S=C=Nc1ccc2cc[nH]c2c1.S=C=Nc1cccc(OCc2ccccc2)c1.S=C=Nc1cccs1.S=C=Nc1ccsc1. The van der Waals surface area contributed by atoms with E-state index in [9.17, 15) is 8.42 Å². The van der Waals surface area contributed by atoms with Crippen LogP contribution in [0.3, 0.4) is 0 Å². The number of thiocarbonyl (C=S) groups is 12. The third-order valence-electron chi connectivity index (χ3n) is 18.7. The molecule has 1 aliphatic rings. The molecule has 2 N–H and O–H groups in total. The topological polar surface area (TPSA) is 246 Å². The van der Waals surface area contributed by atoms with Gasteiger partial charge >= 0.3 is 0 Å². The van der Waals surface area contributed by atoms with Gasteiger partial charge in [-0.1, -0.05) is 158 Å². The predicted molar refractivity (Wildman–Crippen MR) is 653 cm³/mol. The van der Waals surface area contributed by atoms with Crippen LogP contribution >= 0.6 is 203 Å². The van der Waals surface area contributed by atoms with Crippen molar-refractivity contribution in [3.8, 4) is 28.4 Å². The van der Waals surface area contributed by atoms with Gasteiger partial charge in [0.1, 0.15) is 28.9 Å². The van der Waals surface area contributed by atoms with E-state index in [1.807, 2.05) is 289 Å². The Kier molecular flexibility index (Phi) is 55.1. The second-order valence-corrected chi connectivity index (χ2v) is 37.0. The van der Waals surface area contributed by atoms with Gasteiger partial charge < -0.3 is 23.9 Å². The van der Waals surface area contributed by atoms with Crippen molar-refractivity contribution in [1.82, 2.24) is 9.97 Å². The summed E-state index contributed by atoms with van der Waals surface area (Å²) < 4.78 is 41.6. The summed E-state index contributed by atoms with van der Waals surface area (Å²) in [5.74, 6) is 2.40. The van der Waals surface area contributed by atoms with E-state index in [4.69, 9.17) is 13.9 Å². The molecular formula is C110H78N14O5S18. The molecule has 0 amide bonds.